The van der Waals surface area contributed by atoms with E-state index in [2.05, 4.69) is 4.98 Å². The minimum absolute atomic E-state index is 0.379. The maximum atomic E-state index is 12.6. The third-order valence-electron chi connectivity index (χ3n) is 3.51. The Morgan fingerprint density at radius 3 is 2.21 bits per heavy atom. The summed E-state index contributed by atoms with van der Waals surface area (Å²) in [6, 6.07) is 18.1. The molecule has 1 heterocycles. The van der Waals surface area contributed by atoms with Gasteiger partial charge in [0.15, 0.2) is 0 Å². The fraction of sp³-hybridized carbons (Fsp3) is 0.105. The van der Waals surface area contributed by atoms with E-state index in [9.17, 15) is 13.2 Å². The number of nitrogens with zero attached hydrogens (tertiary/aromatic N) is 1. The van der Waals surface area contributed by atoms with Crippen molar-refractivity contribution in [3.8, 4) is 17.0 Å². The van der Waals surface area contributed by atoms with Crippen LogP contribution in [0.15, 0.2) is 72.9 Å². The van der Waals surface area contributed by atoms with Crippen LogP contribution in [0.2, 0.25) is 0 Å². The lowest BCUT2D eigenvalue weighted by Gasteiger charge is -2.09. The number of rotatable bonds is 4. The first-order valence-electron chi connectivity index (χ1n) is 7.33. The van der Waals surface area contributed by atoms with Crippen LogP contribution >= 0.6 is 0 Å². The van der Waals surface area contributed by atoms with Crippen molar-refractivity contribution in [2.75, 3.05) is 0 Å². The van der Waals surface area contributed by atoms with Crippen LogP contribution in [0.3, 0.4) is 0 Å². The van der Waals surface area contributed by atoms with Crippen molar-refractivity contribution >= 4 is 0 Å². The summed E-state index contributed by atoms with van der Waals surface area (Å²) < 4.78 is 43.5. The number of aromatic nitrogens is 1. The summed E-state index contributed by atoms with van der Waals surface area (Å²) in [6.45, 7) is 0.379. The average Bonchev–Trinajstić information content (AvgIpc) is 2.60. The Kier molecular flexibility index (Phi) is 4.51. The van der Waals surface area contributed by atoms with E-state index in [0.717, 1.165) is 23.3 Å². The predicted molar refractivity (Wildman–Crippen MR) is 85.4 cm³/mol. The van der Waals surface area contributed by atoms with Gasteiger partial charge in [0.05, 0.1) is 5.56 Å². The molecule has 0 N–H and O–H groups in total. The van der Waals surface area contributed by atoms with Crippen molar-refractivity contribution in [3.63, 3.8) is 0 Å². The molecule has 0 radical (unpaired) electrons. The number of ether oxygens (including phenoxy) is 1. The quantitative estimate of drug-likeness (QED) is 0.644. The maximum Gasteiger partial charge on any atom is 0.416 e. The molecular formula is C19H14F3NO. The molecule has 2 nitrogen and oxygen atoms in total. The van der Waals surface area contributed by atoms with Crippen LogP contribution in [-0.4, -0.2) is 4.98 Å². The van der Waals surface area contributed by atoms with E-state index in [-0.39, 0.29) is 0 Å². The number of hydrogen-bond acceptors (Lipinski definition) is 2. The number of pyridine rings is 1. The van der Waals surface area contributed by atoms with Gasteiger partial charge in [-0.3, -0.25) is 0 Å². The van der Waals surface area contributed by atoms with Crippen molar-refractivity contribution < 1.29 is 17.9 Å². The van der Waals surface area contributed by atoms with E-state index >= 15 is 0 Å². The van der Waals surface area contributed by atoms with Gasteiger partial charge in [-0.2, -0.15) is 13.2 Å². The molecule has 3 rings (SSSR count). The zero-order valence-electron chi connectivity index (χ0n) is 12.6. The van der Waals surface area contributed by atoms with Crippen LogP contribution in [0.25, 0.3) is 11.1 Å². The Hall–Kier alpha value is -2.82. The number of benzene rings is 2. The highest BCUT2D eigenvalue weighted by Gasteiger charge is 2.29. The lowest BCUT2D eigenvalue weighted by molar-refractivity contribution is -0.137. The second kappa shape index (κ2) is 6.74. The largest absolute Gasteiger partial charge is 0.473 e. The SMILES string of the molecule is FC(F)(F)c1ccc(-c2ccnc(OCc3ccccc3)c2)cc1. The Balaban J connectivity index is 1.75. The molecule has 1 aromatic heterocycles. The fourth-order valence-corrected chi connectivity index (χ4v) is 2.25. The first-order valence-corrected chi connectivity index (χ1v) is 7.33. The fourth-order valence-electron chi connectivity index (χ4n) is 2.25. The summed E-state index contributed by atoms with van der Waals surface area (Å²) >= 11 is 0. The third kappa shape index (κ3) is 3.93. The first-order chi connectivity index (χ1) is 11.5. The summed E-state index contributed by atoms with van der Waals surface area (Å²) in [6.07, 6.45) is -2.76. The molecule has 0 aliphatic heterocycles. The van der Waals surface area contributed by atoms with E-state index in [1.165, 1.54) is 12.1 Å². The molecule has 2 aromatic carbocycles. The van der Waals surface area contributed by atoms with Crippen LogP contribution in [0.4, 0.5) is 13.2 Å². The van der Waals surface area contributed by atoms with E-state index in [1.807, 2.05) is 30.3 Å². The smallest absolute Gasteiger partial charge is 0.416 e. The van der Waals surface area contributed by atoms with Gasteiger partial charge < -0.3 is 4.74 Å². The van der Waals surface area contributed by atoms with Crippen LogP contribution < -0.4 is 4.74 Å². The molecule has 0 bridgehead atoms. The predicted octanol–water partition coefficient (Wildman–Crippen LogP) is 5.35. The number of alkyl halides is 3. The molecule has 5 heteroatoms. The molecule has 0 saturated heterocycles. The van der Waals surface area contributed by atoms with Crippen molar-refractivity contribution in [2.45, 2.75) is 12.8 Å². The number of hydrogen-bond donors (Lipinski definition) is 0. The van der Waals surface area contributed by atoms with E-state index in [1.54, 1.807) is 18.3 Å². The summed E-state index contributed by atoms with van der Waals surface area (Å²) in [7, 11) is 0. The Morgan fingerprint density at radius 1 is 0.833 bits per heavy atom. The minimum Gasteiger partial charge on any atom is -0.473 e. The molecule has 0 spiro atoms. The third-order valence-corrected chi connectivity index (χ3v) is 3.51. The molecule has 0 unspecified atom stereocenters. The topological polar surface area (TPSA) is 22.1 Å². The zero-order chi connectivity index (χ0) is 17.0. The average molecular weight is 329 g/mol. The van der Waals surface area contributed by atoms with Crippen molar-refractivity contribution in [1.82, 2.24) is 4.98 Å². The highest BCUT2D eigenvalue weighted by atomic mass is 19.4. The van der Waals surface area contributed by atoms with Gasteiger partial charge in [-0.15, -0.1) is 0 Å². The van der Waals surface area contributed by atoms with Crippen molar-refractivity contribution in [2.24, 2.45) is 0 Å². The Bertz CT molecular complexity index is 799. The normalized spacial score (nSPS) is 11.3. The van der Waals surface area contributed by atoms with Crippen LogP contribution in [0.5, 0.6) is 5.88 Å². The zero-order valence-corrected chi connectivity index (χ0v) is 12.6. The molecule has 0 saturated carbocycles. The van der Waals surface area contributed by atoms with E-state index in [0.29, 0.717) is 18.1 Å². The van der Waals surface area contributed by atoms with Crippen LogP contribution in [0, 0.1) is 0 Å². The van der Waals surface area contributed by atoms with Gasteiger partial charge in [0.1, 0.15) is 6.61 Å². The second-order valence-corrected chi connectivity index (χ2v) is 5.23. The van der Waals surface area contributed by atoms with Gasteiger partial charge in [0.25, 0.3) is 0 Å². The van der Waals surface area contributed by atoms with Crippen LogP contribution in [-0.2, 0) is 12.8 Å². The lowest BCUT2D eigenvalue weighted by Crippen LogP contribution is -2.04. The van der Waals surface area contributed by atoms with E-state index in [4.69, 9.17) is 4.74 Å². The van der Waals surface area contributed by atoms with Gasteiger partial charge in [-0.1, -0.05) is 42.5 Å². The highest BCUT2D eigenvalue weighted by molar-refractivity contribution is 5.64. The molecule has 0 atom stereocenters. The standard InChI is InChI=1S/C19H14F3NO/c20-19(21,22)17-8-6-15(7-9-17)16-10-11-23-18(12-16)24-13-14-4-2-1-3-5-14/h1-12H,13H2. The molecular weight excluding hydrogens is 315 g/mol. The molecule has 0 aliphatic rings. The second-order valence-electron chi connectivity index (χ2n) is 5.23. The summed E-state index contributed by atoms with van der Waals surface area (Å²) in [5, 5.41) is 0. The first kappa shape index (κ1) is 16.1. The number of halogens is 3. The van der Waals surface area contributed by atoms with Gasteiger partial charge in [0, 0.05) is 12.3 Å². The lowest BCUT2D eigenvalue weighted by atomic mass is 10.0. The molecule has 122 valence electrons. The summed E-state index contributed by atoms with van der Waals surface area (Å²) in [5.74, 6) is 0.427. The van der Waals surface area contributed by atoms with Gasteiger partial charge in [-0.25, -0.2) is 4.98 Å². The molecule has 0 fully saturated rings. The maximum absolute atomic E-state index is 12.6. The summed E-state index contributed by atoms with van der Waals surface area (Å²) in [5.41, 5.74) is 1.77. The molecule has 0 aliphatic carbocycles. The van der Waals surface area contributed by atoms with E-state index < -0.39 is 11.7 Å². The van der Waals surface area contributed by atoms with Crippen molar-refractivity contribution in [3.05, 3.63) is 84.1 Å². The molecule has 24 heavy (non-hydrogen) atoms. The van der Waals surface area contributed by atoms with Gasteiger partial charge in [-0.05, 0) is 34.9 Å². The highest BCUT2D eigenvalue weighted by Crippen LogP contribution is 2.31. The molecule has 3 aromatic rings. The van der Waals surface area contributed by atoms with Crippen LogP contribution in [0.1, 0.15) is 11.1 Å². The Morgan fingerprint density at radius 2 is 1.54 bits per heavy atom. The minimum atomic E-state index is -4.33. The van der Waals surface area contributed by atoms with Gasteiger partial charge >= 0.3 is 6.18 Å². The summed E-state index contributed by atoms with van der Waals surface area (Å²) in [4.78, 5) is 4.13. The van der Waals surface area contributed by atoms with Gasteiger partial charge in [0.2, 0.25) is 5.88 Å². The molecule has 0 amide bonds. The van der Waals surface area contributed by atoms with Crippen molar-refractivity contribution in [1.29, 1.82) is 0 Å². The monoisotopic (exact) mass is 329 g/mol. The Labute approximate surface area is 137 Å².